The fourth-order valence-electron chi connectivity index (χ4n) is 3.09. The predicted octanol–water partition coefficient (Wildman–Crippen LogP) is 4.01. The maximum Gasteiger partial charge on any atom is 0.143 e. The summed E-state index contributed by atoms with van der Waals surface area (Å²) in [6.07, 6.45) is 2.25. The summed E-state index contributed by atoms with van der Waals surface area (Å²) in [5.41, 5.74) is 2.43. The molecule has 118 valence electrons. The van der Waals surface area contributed by atoms with Crippen molar-refractivity contribution in [1.29, 1.82) is 0 Å². The van der Waals surface area contributed by atoms with E-state index in [2.05, 4.69) is 37.1 Å². The molecule has 1 aromatic carbocycles. The molecule has 1 unspecified atom stereocenters. The van der Waals surface area contributed by atoms with Gasteiger partial charge in [0.1, 0.15) is 5.75 Å². The zero-order valence-electron chi connectivity index (χ0n) is 13.8. The van der Waals surface area contributed by atoms with Gasteiger partial charge in [-0.1, -0.05) is 25.4 Å². The molecule has 1 atom stereocenters. The van der Waals surface area contributed by atoms with Gasteiger partial charge in [-0.15, -0.1) is 0 Å². The Labute approximate surface area is 133 Å². The first kappa shape index (κ1) is 16.4. The smallest absolute Gasteiger partial charge is 0.143 e. The molecule has 1 aromatic rings. The van der Waals surface area contributed by atoms with E-state index in [9.17, 15) is 0 Å². The minimum absolute atomic E-state index is 0.186. The quantitative estimate of drug-likeness (QED) is 0.909. The first-order chi connectivity index (χ1) is 9.96. The van der Waals surface area contributed by atoms with Crippen molar-refractivity contribution in [3.05, 3.63) is 22.7 Å². The molecule has 0 bridgehead atoms. The van der Waals surface area contributed by atoms with E-state index in [1.165, 1.54) is 0 Å². The molecule has 1 aliphatic heterocycles. The first-order valence-electron chi connectivity index (χ1n) is 7.82. The fourth-order valence-corrected chi connectivity index (χ4v) is 3.25. The summed E-state index contributed by atoms with van der Waals surface area (Å²) in [6, 6.07) is 4.52. The number of methoxy groups -OCH3 is 1. The van der Waals surface area contributed by atoms with Gasteiger partial charge in [0.25, 0.3) is 0 Å². The van der Waals surface area contributed by atoms with Crippen molar-refractivity contribution in [2.24, 2.45) is 0 Å². The summed E-state index contributed by atoms with van der Waals surface area (Å²) in [6.45, 7) is 10.8. The third-order valence-electron chi connectivity index (χ3n) is 4.90. The van der Waals surface area contributed by atoms with Crippen molar-refractivity contribution in [2.75, 3.05) is 25.1 Å². The van der Waals surface area contributed by atoms with Crippen molar-refractivity contribution in [3.8, 4) is 5.75 Å². The Bertz CT molecular complexity index is 500. The maximum atomic E-state index is 6.24. The van der Waals surface area contributed by atoms with E-state index in [1.54, 1.807) is 7.11 Å². The molecule has 1 N–H and O–H groups in total. The number of anilines is 1. The summed E-state index contributed by atoms with van der Waals surface area (Å²) in [7, 11) is 1.71. The number of piperazine rings is 1. The summed E-state index contributed by atoms with van der Waals surface area (Å²) in [5, 5.41) is 4.50. The van der Waals surface area contributed by atoms with Crippen LogP contribution in [0.15, 0.2) is 12.1 Å². The van der Waals surface area contributed by atoms with Gasteiger partial charge in [-0.2, -0.15) is 0 Å². The second-order valence-electron chi connectivity index (χ2n) is 6.12. The van der Waals surface area contributed by atoms with E-state index in [-0.39, 0.29) is 5.54 Å². The molecule has 4 heteroatoms. The molecule has 0 aliphatic carbocycles. The van der Waals surface area contributed by atoms with Crippen molar-refractivity contribution in [1.82, 2.24) is 5.32 Å². The molecule has 0 radical (unpaired) electrons. The van der Waals surface area contributed by atoms with Crippen molar-refractivity contribution < 1.29 is 4.74 Å². The third kappa shape index (κ3) is 3.14. The molecule has 1 fully saturated rings. The van der Waals surface area contributed by atoms with Gasteiger partial charge < -0.3 is 15.0 Å². The van der Waals surface area contributed by atoms with E-state index in [0.717, 1.165) is 48.0 Å². The highest BCUT2D eigenvalue weighted by Gasteiger charge is 2.36. The van der Waals surface area contributed by atoms with E-state index in [4.69, 9.17) is 16.3 Å². The normalized spacial score (nSPS) is 21.4. The van der Waals surface area contributed by atoms with Crippen LogP contribution < -0.4 is 15.0 Å². The fraction of sp³-hybridized carbons (Fsp3) is 0.647. The Kier molecular flexibility index (Phi) is 5.05. The van der Waals surface area contributed by atoms with Gasteiger partial charge in [0.15, 0.2) is 0 Å². The lowest BCUT2D eigenvalue weighted by molar-refractivity contribution is 0.252. The van der Waals surface area contributed by atoms with Gasteiger partial charge in [0.2, 0.25) is 0 Å². The van der Waals surface area contributed by atoms with E-state index in [1.807, 2.05) is 13.0 Å². The number of hydrogen-bond acceptors (Lipinski definition) is 3. The molecular formula is C17H27ClN2O. The van der Waals surface area contributed by atoms with Gasteiger partial charge in [0, 0.05) is 35.8 Å². The second-order valence-corrected chi connectivity index (χ2v) is 6.53. The molecule has 1 aliphatic rings. The molecular weight excluding hydrogens is 284 g/mol. The largest absolute Gasteiger partial charge is 0.495 e. The average Bonchev–Trinajstić information content (AvgIpc) is 2.50. The Hall–Kier alpha value is -0.930. The predicted molar refractivity (Wildman–Crippen MR) is 90.9 cm³/mol. The molecule has 1 heterocycles. The molecule has 0 spiro atoms. The number of ether oxygens (including phenoxy) is 1. The number of nitrogens with zero attached hydrogens (tertiary/aromatic N) is 1. The van der Waals surface area contributed by atoms with Crippen LogP contribution in [0.25, 0.3) is 0 Å². The van der Waals surface area contributed by atoms with Gasteiger partial charge >= 0.3 is 0 Å². The lowest BCUT2D eigenvalue weighted by Gasteiger charge is -2.48. The molecule has 2 rings (SSSR count). The molecule has 21 heavy (non-hydrogen) atoms. The average molecular weight is 311 g/mol. The van der Waals surface area contributed by atoms with Crippen molar-refractivity contribution in [2.45, 2.75) is 52.1 Å². The monoisotopic (exact) mass is 310 g/mol. The Morgan fingerprint density at radius 1 is 1.38 bits per heavy atom. The van der Waals surface area contributed by atoms with Gasteiger partial charge in [0.05, 0.1) is 12.8 Å². The van der Waals surface area contributed by atoms with Crippen LogP contribution in [0.2, 0.25) is 5.02 Å². The Balaban J connectivity index is 2.41. The van der Waals surface area contributed by atoms with Crippen molar-refractivity contribution in [3.63, 3.8) is 0 Å². The lowest BCUT2D eigenvalue weighted by Crippen LogP contribution is -2.63. The van der Waals surface area contributed by atoms with Gasteiger partial charge in [-0.25, -0.2) is 0 Å². The highest BCUT2D eigenvalue weighted by atomic mass is 35.5. The number of halogens is 1. The Morgan fingerprint density at radius 3 is 2.62 bits per heavy atom. The van der Waals surface area contributed by atoms with E-state index < -0.39 is 0 Å². The molecule has 3 nitrogen and oxygen atoms in total. The van der Waals surface area contributed by atoms with Crippen molar-refractivity contribution >= 4 is 17.3 Å². The van der Waals surface area contributed by atoms with Crippen LogP contribution >= 0.6 is 11.6 Å². The molecule has 0 saturated carbocycles. The van der Waals surface area contributed by atoms with E-state index in [0.29, 0.717) is 6.04 Å². The number of hydrogen-bond donors (Lipinski definition) is 1. The van der Waals surface area contributed by atoms with E-state index >= 15 is 0 Å². The number of nitrogens with one attached hydrogen (secondary N) is 1. The standard InChI is InChI=1S/C17H27ClN2O/c1-6-17(7-2)11-20(13(4)10-19-17)15-8-12(3)14(18)9-16(15)21-5/h8-9,13,19H,6-7,10-11H2,1-5H3. The summed E-state index contributed by atoms with van der Waals surface area (Å²) in [5.74, 6) is 0.862. The molecule has 0 amide bonds. The van der Waals surface area contributed by atoms with Crippen LogP contribution in [0.5, 0.6) is 5.75 Å². The SMILES string of the molecule is CCC1(CC)CN(c2cc(C)c(Cl)cc2OC)C(C)CN1. The van der Waals surface area contributed by atoms with Gasteiger partial charge in [-0.3, -0.25) is 0 Å². The highest BCUT2D eigenvalue weighted by molar-refractivity contribution is 6.31. The molecule has 1 saturated heterocycles. The van der Waals surface area contributed by atoms with Crippen LogP contribution in [0.1, 0.15) is 39.2 Å². The summed E-state index contributed by atoms with van der Waals surface area (Å²) >= 11 is 6.24. The zero-order chi connectivity index (χ0) is 15.6. The number of aryl methyl sites for hydroxylation is 1. The second kappa shape index (κ2) is 6.45. The number of benzene rings is 1. The van der Waals surface area contributed by atoms with Gasteiger partial charge in [-0.05, 0) is 38.3 Å². The molecule has 0 aromatic heterocycles. The minimum Gasteiger partial charge on any atom is -0.495 e. The van der Waals surface area contributed by atoms with Crippen LogP contribution in [0.4, 0.5) is 5.69 Å². The first-order valence-corrected chi connectivity index (χ1v) is 8.20. The summed E-state index contributed by atoms with van der Waals surface area (Å²) < 4.78 is 5.57. The van der Waals surface area contributed by atoms with Crippen LogP contribution in [0, 0.1) is 6.92 Å². The minimum atomic E-state index is 0.186. The topological polar surface area (TPSA) is 24.5 Å². The summed E-state index contributed by atoms with van der Waals surface area (Å²) in [4.78, 5) is 2.46. The third-order valence-corrected chi connectivity index (χ3v) is 5.31. The Morgan fingerprint density at radius 2 is 2.05 bits per heavy atom. The maximum absolute atomic E-state index is 6.24. The highest BCUT2D eigenvalue weighted by Crippen LogP contribution is 2.37. The zero-order valence-corrected chi connectivity index (χ0v) is 14.5. The number of rotatable bonds is 4. The van der Waals surface area contributed by atoms with Crippen LogP contribution in [-0.2, 0) is 0 Å². The van der Waals surface area contributed by atoms with Crippen LogP contribution in [-0.4, -0.2) is 31.8 Å². The lowest BCUT2D eigenvalue weighted by atomic mass is 9.88. The van der Waals surface area contributed by atoms with Crippen LogP contribution in [0.3, 0.4) is 0 Å².